The number of hydrogen-bond donors (Lipinski definition) is 1. The number of hydrogen-bond acceptors (Lipinski definition) is 4. The number of rotatable bonds is 7. The van der Waals surface area contributed by atoms with Gasteiger partial charge in [0.2, 0.25) is 0 Å². The van der Waals surface area contributed by atoms with Gasteiger partial charge in [-0.2, -0.15) is 0 Å². The quantitative estimate of drug-likeness (QED) is 0.844. The van der Waals surface area contributed by atoms with Crippen LogP contribution in [0.3, 0.4) is 0 Å². The van der Waals surface area contributed by atoms with Crippen LogP contribution in [0.25, 0.3) is 0 Å². The first-order chi connectivity index (χ1) is 10.2. The number of ether oxygens (including phenoxy) is 2. The Morgan fingerprint density at radius 2 is 2.00 bits per heavy atom. The van der Waals surface area contributed by atoms with Crippen molar-refractivity contribution in [2.24, 2.45) is 5.92 Å². The van der Waals surface area contributed by atoms with Gasteiger partial charge in [0, 0.05) is 30.6 Å². The monoisotopic (exact) mass is 286 g/mol. The molecule has 4 heteroatoms. The summed E-state index contributed by atoms with van der Waals surface area (Å²) in [5.41, 5.74) is 1.04. The van der Waals surface area contributed by atoms with Crippen molar-refractivity contribution < 1.29 is 9.47 Å². The molecule has 2 aromatic rings. The van der Waals surface area contributed by atoms with Gasteiger partial charge in [-0.15, -0.1) is 0 Å². The minimum absolute atomic E-state index is 0.615. The van der Waals surface area contributed by atoms with Gasteiger partial charge in [-0.3, -0.25) is 4.98 Å². The molecular weight excluding hydrogens is 264 g/mol. The second-order valence-corrected chi connectivity index (χ2v) is 5.29. The molecule has 0 aliphatic rings. The van der Waals surface area contributed by atoms with E-state index in [0.29, 0.717) is 5.92 Å². The number of benzene rings is 1. The van der Waals surface area contributed by atoms with Crippen molar-refractivity contribution in [3.05, 3.63) is 48.3 Å². The highest BCUT2D eigenvalue weighted by Crippen LogP contribution is 2.27. The summed E-state index contributed by atoms with van der Waals surface area (Å²) < 4.78 is 11.2. The largest absolute Gasteiger partial charge is 0.497 e. The summed E-state index contributed by atoms with van der Waals surface area (Å²) in [5, 5.41) is 3.41. The molecule has 1 heterocycles. The lowest BCUT2D eigenvalue weighted by molar-refractivity contribution is 0.408. The lowest BCUT2D eigenvalue weighted by Gasteiger charge is -2.13. The van der Waals surface area contributed by atoms with Gasteiger partial charge in [-0.1, -0.05) is 19.9 Å². The van der Waals surface area contributed by atoms with Crippen molar-refractivity contribution in [3.8, 4) is 17.2 Å². The van der Waals surface area contributed by atoms with Crippen LogP contribution in [0.15, 0.2) is 42.7 Å². The third-order valence-corrected chi connectivity index (χ3v) is 3.00. The molecule has 1 aromatic carbocycles. The van der Waals surface area contributed by atoms with Crippen molar-refractivity contribution >= 4 is 0 Å². The van der Waals surface area contributed by atoms with Crippen LogP contribution >= 0.6 is 0 Å². The van der Waals surface area contributed by atoms with E-state index in [2.05, 4.69) is 24.1 Å². The van der Waals surface area contributed by atoms with E-state index in [4.69, 9.17) is 9.47 Å². The number of nitrogens with one attached hydrogen (secondary N) is 1. The van der Waals surface area contributed by atoms with E-state index in [-0.39, 0.29) is 0 Å². The SMILES string of the molecule is COc1cccc(Oc2ccncc2CNCC(C)C)c1. The molecule has 0 amide bonds. The summed E-state index contributed by atoms with van der Waals surface area (Å²) in [4.78, 5) is 4.17. The van der Waals surface area contributed by atoms with E-state index >= 15 is 0 Å². The van der Waals surface area contributed by atoms with Crippen LogP contribution in [0.5, 0.6) is 17.2 Å². The Labute approximate surface area is 126 Å². The maximum atomic E-state index is 5.95. The smallest absolute Gasteiger partial charge is 0.134 e. The maximum Gasteiger partial charge on any atom is 0.134 e. The molecule has 4 nitrogen and oxygen atoms in total. The van der Waals surface area contributed by atoms with E-state index < -0.39 is 0 Å². The molecule has 0 unspecified atom stereocenters. The Balaban J connectivity index is 2.08. The Morgan fingerprint density at radius 3 is 2.76 bits per heavy atom. The third-order valence-electron chi connectivity index (χ3n) is 3.00. The van der Waals surface area contributed by atoms with Gasteiger partial charge >= 0.3 is 0 Å². The zero-order chi connectivity index (χ0) is 15.1. The minimum Gasteiger partial charge on any atom is -0.497 e. The van der Waals surface area contributed by atoms with Crippen molar-refractivity contribution in [3.63, 3.8) is 0 Å². The molecule has 21 heavy (non-hydrogen) atoms. The summed E-state index contributed by atoms with van der Waals surface area (Å²) >= 11 is 0. The van der Waals surface area contributed by atoms with Gasteiger partial charge in [0.25, 0.3) is 0 Å². The molecule has 0 saturated heterocycles. The fourth-order valence-corrected chi connectivity index (χ4v) is 1.93. The Morgan fingerprint density at radius 1 is 1.19 bits per heavy atom. The van der Waals surface area contributed by atoms with Gasteiger partial charge in [0.15, 0.2) is 0 Å². The van der Waals surface area contributed by atoms with Crippen molar-refractivity contribution in [2.45, 2.75) is 20.4 Å². The Bertz CT molecular complexity index is 570. The van der Waals surface area contributed by atoms with E-state index in [0.717, 1.165) is 35.9 Å². The number of pyridine rings is 1. The molecule has 0 radical (unpaired) electrons. The van der Waals surface area contributed by atoms with E-state index in [1.807, 2.05) is 36.5 Å². The summed E-state index contributed by atoms with van der Waals surface area (Å²) in [7, 11) is 1.65. The molecular formula is C17H22N2O2. The van der Waals surface area contributed by atoms with Crippen LogP contribution in [0.1, 0.15) is 19.4 Å². The predicted octanol–water partition coefficient (Wildman–Crippen LogP) is 3.63. The van der Waals surface area contributed by atoms with Crippen molar-refractivity contribution in [1.82, 2.24) is 10.3 Å². The molecule has 112 valence electrons. The first-order valence-corrected chi connectivity index (χ1v) is 7.14. The highest BCUT2D eigenvalue weighted by atomic mass is 16.5. The predicted molar refractivity (Wildman–Crippen MR) is 83.8 cm³/mol. The van der Waals surface area contributed by atoms with Crippen molar-refractivity contribution in [2.75, 3.05) is 13.7 Å². The van der Waals surface area contributed by atoms with E-state index in [1.165, 1.54) is 0 Å². The van der Waals surface area contributed by atoms with Gasteiger partial charge in [0.1, 0.15) is 17.2 Å². The van der Waals surface area contributed by atoms with E-state index in [9.17, 15) is 0 Å². The summed E-state index contributed by atoms with van der Waals surface area (Å²) in [5.74, 6) is 2.96. The third kappa shape index (κ3) is 4.76. The number of aromatic nitrogens is 1. The second-order valence-electron chi connectivity index (χ2n) is 5.29. The first kappa shape index (κ1) is 15.3. The molecule has 0 spiro atoms. The van der Waals surface area contributed by atoms with E-state index in [1.54, 1.807) is 13.3 Å². The standard InChI is InChI=1S/C17H22N2O2/c1-13(2)10-19-12-14-11-18-8-7-17(14)21-16-6-4-5-15(9-16)20-3/h4-9,11,13,19H,10,12H2,1-3H3. The molecule has 0 saturated carbocycles. The van der Waals surface area contributed by atoms with Gasteiger partial charge in [-0.05, 0) is 30.7 Å². The van der Waals surface area contributed by atoms with Crippen LogP contribution in [0.4, 0.5) is 0 Å². The number of nitrogens with zero attached hydrogens (tertiary/aromatic N) is 1. The van der Waals surface area contributed by atoms with Crippen LogP contribution < -0.4 is 14.8 Å². The zero-order valence-corrected chi connectivity index (χ0v) is 12.8. The molecule has 0 bridgehead atoms. The highest BCUT2D eigenvalue weighted by molar-refractivity contribution is 5.39. The first-order valence-electron chi connectivity index (χ1n) is 7.14. The molecule has 0 aliphatic carbocycles. The van der Waals surface area contributed by atoms with Gasteiger partial charge in [-0.25, -0.2) is 0 Å². The van der Waals surface area contributed by atoms with Gasteiger partial charge < -0.3 is 14.8 Å². The summed E-state index contributed by atoms with van der Waals surface area (Å²) in [6.07, 6.45) is 3.57. The lowest BCUT2D eigenvalue weighted by Crippen LogP contribution is -2.19. The average molecular weight is 286 g/mol. The molecule has 1 N–H and O–H groups in total. The van der Waals surface area contributed by atoms with Crippen LogP contribution in [0.2, 0.25) is 0 Å². The maximum absolute atomic E-state index is 5.95. The Hall–Kier alpha value is -2.07. The minimum atomic E-state index is 0.615. The van der Waals surface area contributed by atoms with Gasteiger partial charge in [0.05, 0.1) is 7.11 Å². The molecule has 0 aliphatic heterocycles. The molecule has 0 atom stereocenters. The average Bonchev–Trinajstić information content (AvgIpc) is 2.49. The number of methoxy groups -OCH3 is 1. The van der Waals surface area contributed by atoms with Crippen LogP contribution in [0, 0.1) is 5.92 Å². The second kappa shape index (κ2) is 7.64. The Kier molecular flexibility index (Phi) is 5.58. The van der Waals surface area contributed by atoms with Crippen molar-refractivity contribution in [1.29, 1.82) is 0 Å². The summed E-state index contributed by atoms with van der Waals surface area (Å²) in [6, 6.07) is 9.46. The van der Waals surface area contributed by atoms with Crippen LogP contribution in [-0.4, -0.2) is 18.6 Å². The normalized spacial score (nSPS) is 10.7. The summed E-state index contributed by atoms with van der Waals surface area (Å²) in [6.45, 7) is 6.08. The molecule has 0 fully saturated rings. The lowest BCUT2D eigenvalue weighted by atomic mass is 10.2. The van der Waals surface area contributed by atoms with Crippen LogP contribution in [-0.2, 0) is 6.54 Å². The zero-order valence-electron chi connectivity index (χ0n) is 12.8. The highest BCUT2D eigenvalue weighted by Gasteiger charge is 2.06. The fourth-order valence-electron chi connectivity index (χ4n) is 1.93. The molecule has 2 rings (SSSR count). The topological polar surface area (TPSA) is 43.4 Å². The molecule has 1 aromatic heterocycles. The fraction of sp³-hybridized carbons (Fsp3) is 0.353.